The van der Waals surface area contributed by atoms with Crippen LogP contribution in [0.3, 0.4) is 0 Å². The molecule has 1 amide bonds. The van der Waals surface area contributed by atoms with E-state index in [9.17, 15) is 9.90 Å². The van der Waals surface area contributed by atoms with Crippen LogP contribution in [0.5, 0.6) is 5.75 Å². The lowest BCUT2D eigenvalue weighted by Crippen LogP contribution is -2.10. The van der Waals surface area contributed by atoms with E-state index in [1.54, 1.807) is 22.9 Å². The number of hydrogen-bond acceptors (Lipinski definition) is 5. The third kappa shape index (κ3) is 3.65. The molecule has 0 bridgehead atoms. The molecule has 0 aliphatic rings. The third-order valence-electron chi connectivity index (χ3n) is 4.18. The highest BCUT2D eigenvalue weighted by Crippen LogP contribution is 2.30. The summed E-state index contributed by atoms with van der Waals surface area (Å²) in [4.78, 5) is 16.3. The van der Waals surface area contributed by atoms with Crippen molar-refractivity contribution in [1.29, 1.82) is 0 Å². The van der Waals surface area contributed by atoms with Crippen molar-refractivity contribution in [2.75, 3.05) is 5.32 Å². The molecule has 4 aromatic rings. The Labute approximate surface area is 166 Å². The zero-order valence-corrected chi connectivity index (χ0v) is 16.2. The normalized spacial score (nSPS) is 10.8. The minimum atomic E-state index is -0.179. The number of hydrogen-bond donors (Lipinski definition) is 2. The number of nitrogens with one attached hydrogen (secondary N) is 1. The van der Waals surface area contributed by atoms with Gasteiger partial charge in [-0.3, -0.25) is 4.79 Å². The fourth-order valence-electron chi connectivity index (χ4n) is 2.82. The summed E-state index contributed by atoms with van der Waals surface area (Å²) in [5.74, 6) is 0.563. The van der Waals surface area contributed by atoms with Crippen LogP contribution in [0.1, 0.15) is 12.5 Å². The smallest absolute Gasteiger partial charge is 0.222 e. The van der Waals surface area contributed by atoms with Crippen LogP contribution < -0.4 is 5.32 Å². The van der Waals surface area contributed by atoms with Crippen molar-refractivity contribution >= 4 is 23.1 Å². The van der Waals surface area contributed by atoms with Crippen LogP contribution in [0.15, 0.2) is 60.0 Å². The lowest BCUT2D eigenvalue weighted by molar-refractivity contribution is -0.114. The SMILES string of the molecule is CC(=O)Nc1cc(-c2ccc(C)cc2)nn1-c1nc(-c2cccc(O)c2)cs1. The van der Waals surface area contributed by atoms with Gasteiger partial charge in [0.2, 0.25) is 11.0 Å². The molecule has 0 aliphatic heterocycles. The molecule has 0 spiro atoms. The fraction of sp³-hybridized carbons (Fsp3) is 0.0952. The molecule has 0 saturated heterocycles. The molecule has 2 aromatic carbocycles. The summed E-state index contributed by atoms with van der Waals surface area (Å²) in [5.41, 5.74) is 4.42. The molecule has 0 radical (unpaired) electrons. The van der Waals surface area contributed by atoms with Crippen molar-refractivity contribution < 1.29 is 9.90 Å². The first-order valence-corrected chi connectivity index (χ1v) is 9.57. The molecule has 0 fully saturated rings. The van der Waals surface area contributed by atoms with Gasteiger partial charge in [-0.05, 0) is 19.1 Å². The second-order valence-corrected chi connectivity index (χ2v) is 7.28. The summed E-state index contributed by atoms with van der Waals surface area (Å²) in [6.45, 7) is 3.49. The second kappa shape index (κ2) is 7.28. The number of phenols is 1. The summed E-state index contributed by atoms with van der Waals surface area (Å²) >= 11 is 1.41. The number of benzene rings is 2. The van der Waals surface area contributed by atoms with Crippen molar-refractivity contribution in [2.45, 2.75) is 13.8 Å². The maximum absolute atomic E-state index is 11.7. The Morgan fingerprint density at radius 1 is 1.07 bits per heavy atom. The average molecular weight is 390 g/mol. The first kappa shape index (κ1) is 17.9. The number of carbonyl (C=O) groups is 1. The highest BCUT2D eigenvalue weighted by atomic mass is 32.1. The van der Waals surface area contributed by atoms with Gasteiger partial charge in [-0.15, -0.1) is 11.3 Å². The highest BCUT2D eigenvalue weighted by Gasteiger charge is 2.16. The van der Waals surface area contributed by atoms with Crippen LogP contribution >= 0.6 is 11.3 Å². The summed E-state index contributed by atoms with van der Waals surface area (Å²) in [6.07, 6.45) is 0. The summed E-state index contributed by atoms with van der Waals surface area (Å²) < 4.78 is 1.63. The van der Waals surface area contributed by atoms with E-state index in [2.05, 4.69) is 15.4 Å². The van der Waals surface area contributed by atoms with Gasteiger partial charge in [-0.25, -0.2) is 4.98 Å². The summed E-state index contributed by atoms with van der Waals surface area (Å²) in [7, 11) is 0. The maximum Gasteiger partial charge on any atom is 0.222 e. The van der Waals surface area contributed by atoms with Crippen LogP contribution in [0, 0.1) is 6.92 Å². The Kier molecular flexibility index (Phi) is 4.67. The fourth-order valence-corrected chi connectivity index (χ4v) is 3.62. The monoisotopic (exact) mass is 390 g/mol. The van der Waals surface area contributed by atoms with Gasteiger partial charge in [-0.2, -0.15) is 9.78 Å². The Bertz CT molecular complexity index is 1150. The number of carbonyl (C=O) groups excluding carboxylic acids is 1. The molecular formula is C21H18N4O2S. The zero-order valence-electron chi connectivity index (χ0n) is 15.4. The Hall–Kier alpha value is -3.45. The zero-order chi connectivity index (χ0) is 19.7. The molecule has 0 atom stereocenters. The number of phenolic OH excluding ortho intramolecular Hbond substituents is 1. The van der Waals surface area contributed by atoms with Gasteiger partial charge >= 0.3 is 0 Å². The van der Waals surface area contributed by atoms with E-state index in [1.807, 2.05) is 48.7 Å². The molecule has 0 saturated carbocycles. The molecule has 2 aromatic heterocycles. The lowest BCUT2D eigenvalue weighted by Gasteiger charge is -2.03. The van der Waals surface area contributed by atoms with Gasteiger partial charge in [0.1, 0.15) is 11.6 Å². The number of aryl methyl sites for hydroxylation is 1. The van der Waals surface area contributed by atoms with Crippen molar-refractivity contribution in [3.8, 4) is 33.4 Å². The number of aromatic hydroxyl groups is 1. The quantitative estimate of drug-likeness (QED) is 0.532. The van der Waals surface area contributed by atoms with E-state index in [0.29, 0.717) is 10.9 Å². The van der Waals surface area contributed by atoms with Gasteiger partial charge in [0, 0.05) is 29.5 Å². The van der Waals surface area contributed by atoms with Gasteiger partial charge < -0.3 is 10.4 Å². The number of nitrogens with zero attached hydrogens (tertiary/aromatic N) is 3. The molecule has 6 nitrogen and oxygen atoms in total. The Morgan fingerprint density at radius 3 is 2.57 bits per heavy atom. The van der Waals surface area contributed by atoms with Crippen molar-refractivity contribution in [3.05, 3.63) is 65.5 Å². The van der Waals surface area contributed by atoms with Gasteiger partial charge in [0.15, 0.2) is 0 Å². The largest absolute Gasteiger partial charge is 0.508 e. The number of rotatable bonds is 4. The second-order valence-electron chi connectivity index (χ2n) is 6.44. The van der Waals surface area contributed by atoms with Gasteiger partial charge in [-0.1, -0.05) is 42.0 Å². The van der Waals surface area contributed by atoms with Gasteiger partial charge in [0.05, 0.1) is 11.4 Å². The number of aromatic nitrogens is 3. The number of thiazole rings is 1. The van der Waals surface area contributed by atoms with E-state index in [-0.39, 0.29) is 11.7 Å². The topological polar surface area (TPSA) is 80.0 Å². The average Bonchev–Trinajstić information content (AvgIpc) is 3.29. The lowest BCUT2D eigenvalue weighted by atomic mass is 10.1. The molecule has 28 heavy (non-hydrogen) atoms. The third-order valence-corrected chi connectivity index (χ3v) is 4.99. The molecule has 2 heterocycles. The van der Waals surface area contributed by atoms with E-state index in [0.717, 1.165) is 22.5 Å². The van der Waals surface area contributed by atoms with Crippen LogP contribution in [0.4, 0.5) is 5.82 Å². The Morgan fingerprint density at radius 2 is 1.86 bits per heavy atom. The van der Waals surface area contributed by atoms with Crippen LogP contribution in [-0.2, 0) is 4.79 Å². The van der Waals surface area contributed by atoms with Gasteiger partial charge in [0.25, 0.3) is 0 Å². The van der Waals surface area contributed by atoms with Crippen molar-refractivity contribution in [1.82, 2.24) is 14.8 Å². The molecule has 0 unspecified atom stereocenters. The molecule has 7 heteroatoms. The molecule has 2 N–H and O–H groups in total. The van der Waals surface area contributed by atoms with Crippen molar-refractivity contribution in [2.24, 2.45) is 0 Å². The molecule has 140 valence electrons. The van der Waals surface area contributed by atoms with Crippen LogP contribution in [-0.4, -0.2) is 25.8 Å². The van der Waals surface area contributed by atoms with Crippen LogP contribution in [0.25, 0.3) is 27.6 Å². The minimum Gasteiger partial charge on any atom is -0.508 e. The Balaban J connectivity index is 1.76. The summed E-state index contributed by atoms with van der Waals surface area (Å²) in [5, 5.41) is 19.7. The van der Waals surface area contributed by atoms with E-state index in [1.165, 1.54) is 23.8 Å². The molecule has 4 rings (SSSR count). The number of amides is 1. The highest BCUT2D eigenvalue weighted by molar-refractivity contribution is 7.12. The van der Waals surface area contributed by atoms with E-state index in [4.69, 9.17) is 0 Å². The minimum absolute atomic E-state index is 0.179. The predicted octanol–water partition coefficient (Wildman–Crippen LogP) is 4.64. The number of anilines is 1. The van der Waals surface area contributed by atoms with Crippen LogP contribution in [0.2, 0.25) is 0 Å². The standard InChI is InChI=1S/C21H18N4O2S/c1-13-6-8-15(9-7-13)18-11-20(22-14(2)26)25(24-18)21-23-19(12-28-21)16-4-3-5-17(27)10-16/h3-12,27H,1-2H3,(H,22,26). The first-order chi connectivity index (χ1) is 13.5. The first-order valence-electron chi connectivity index (χ1n) is 8.69. The molecule has 0 aliphatic carbocycles. The summed E-state index contributed by atoms with van der Waals surface area (Å²) in [6, 6.07) is 16.8. The van der Waals surface area contributed by atoms with E-state index >= 15 is 0 Å². The predicted molar refractivity (Wildman–Crippen MR) is 111 cm³/mol. The van der Waals surface area contributed by atoms with E-state index < -0.39 is 0 Å². The maximum atomic E-state index is 11.7. The molecular weight excluding hydrogens is 372 g/mol. The van der Waals surface area contributed by atoms with Crippen molar-refractivity contribution in [3.63, 3.8) is 0 Å².